The second-order valence-corrected chi connectivity index (χ2v) is 10.2. The lowest BCUT2D eigenvalue weighted by molar-refractivity contribution is -0.135. The van der Waals surface area contributed by atoms with Crippen LogP contribution in [0, 0.1) is 0 Å². The number of fused-ring (bicyclic) bond motifs is 4. The third kappa shape index (κ3) is 4.51. The monoisotopic (exact) mass is 551 g/mol. The summed E-state index contributed by atoms with van der Waals surface area (Å²) in [5, 5.41) is 0.927. The Bertz CT molecular complexity index is 1780. The van der Waals surface area contributed by atoms with Crippen LogP contribution in [0.1, 0.15) is 46.3 Å². The number of esters is 1. The smallest absolute Gasteiger partial charge is 0.312 e. The van der Waals surface area contributed by atoms with Crippen LogP contribution in [-0.4, -0.2) is 37.1 Å². The standard InChI is InChI=1S/C33H29NO7/c1-18(2)17-39-32-21(7-6-8-27(32)38-5)24-15-29(35)40-26-12-10-22-31(36)28(41-33(22)30(24)26)13-19-16-34(3)25-11-9-20(37-4)14-23(19)25/h6-14,16,24H,1,15,17H2,2-5H3/b28-13-. The zero-order valence-corrected chi connectivity index (χ0v) is 23.3. The van der Waals surface area contributed by atoms with Gasteiger partial charge in [-0.15, -0.1) is 0 Å². The zero-order valence-electron chi connectivity index (χ0n) is 23.3. The predicted octanol–water partition coefficient (Wildman–Crippen LogP) is 6.21. The van der Waals surface area contributed by atoms with Crippen LogP contribution in [0.3, 0.4) is 0 Å². The number of ether oxygens (including phenoxy) is 5. The molecule has 0 fully saturated rings. The summed E-state index contributed by atoms with van der Waals surface area (Å²) in [5.41, 5.74) is 4.39. The second kappa shape index (κ2) is 10.2. The van der Waals surface area contributed by atoms with Crippen molar-refractivity contribution >= 4 is 28.7 Å². The first kappa shape index (κ1) is 26.3. The number of benzene rings is 3. The molecule has 0 bridgehead atoms. The molecule has 208 valence electrons. The Morgan fingerprint density at radius 1 is 1.10 bits per heavy atom. The van der Waals surface area contributed by atoms with Gasteiger partial charge in [-0.3, -0.25) is 9.59 Å². The van der Waals surface area contributed by atoms with Crippen LogP contribution < -0.4 is 23.7 Å². The molecule has 0 spiro atoms. The van der Waals surface area contributed by atoms with Gasteiger partial charge in [0.1, 0.15) is 23.9 Å². The number of rotatable bonds is 7. The number of aryl methyl sites for hydroxylation is 1. The highest BCUT2D eigenvalue weighted by Gasteiger charge is 2.40. The van der Waals surface area contributed by atoms with E-state index in [2.05, 4.69) is 6.58 Å². The van der Waals surface area contributed by atoms with Gasteiger partial charge in [-0.25, -0.2) is 0 Å². The number of para-hydroxylation sites is 1. The van der Waals surface area contributed by atoms with E-state index in [1.54, 1.807) is 38.5 Å². The highest BCUT2D eigenvalue weighted by Crippen LogP contribution is 2.51. The molecule has 8 heteroatoms. The Morgan fingerprint density at radius 2 is 1.93 bits per heavy atom. The topological polar surface area (TPSA) is 85.2 Å². The van der Waals surface area contributed by atoms with Gasteiger partial charge in [0.2, 0.25) is 5.78 Å². The van der Waals surface area contributed by atoms with Crippen LogP contribution in [0.4, 0.5) is 0 Å². The van der Waals surface area contributed by atoms with E-state index in [4.69, 9.17) is 23.7 Å². The van der Waals surface area contributed by atoms with Gasteiger partial charge in [-0.2, -0.15) is 0 Å². The summed E-state index contributed by atoms with van der Waals surface area (Å²) in [5.74, 6) is 1.53. The SMILES string of the molecule is C=C(C)COc1c(OC)cccc1C1CC(=O)Oc2ccc3c(c21)O/C(=C\c1cn(C)c2ccc(OC)cc12)C3=O. The minimum Gasteiger partial charge on any atom is -0.497 e. The lowest BCUT2D eigenvalue weighted by Gasteiger charge is -2.28. The molecule has 0 saturated carbocycles. The number of carbonyl (C=O) groups is 2. The van der Waals surface area contributed by atoms with Gasteiger partial charge in [0.05, 0.1) is 26.2 Å². The summed E-state index contributed by atoms with van der Waals surface area (Å²) in [6.07, 6.45) is 3.73. The molecule has 3 aromatic carbocycles. The molecule has 1 unspecified atom stereocenters. The van der Waals surface area contributed by atoms with Crippen molar-refractivity contribution in [1.29, 1.82) is 0 Å². The number of Topliss-reactive ketones (excluding diaryl/α,β-unsaturated/α-hetero) is 1. The molecule has 2 aliphatic heterocycles. The summed E-state index contributed by atoms with van der Waals surface area (Å²) >= 11 is 0. The first-order valence-electron chi connectivity index (χ1n) is 13.2. The lowest BCUT2D eigenvalue weighted by atomic mass is 9.84. The van der Waals surface area contributed by atoms with Gasteiger partial charge in [0, 0.05) is 46.8 Å². The number of ketones is 1. The van der Waals surface area contributed by atoms with E-state index >= 15 is 0 Å². The lowest BCUT2D eigenvalue weighted by Crippen LogP contribution is -2.22. The van der Waals surface area contributed by atoms with Gasteiger partial charge >= 0.3 is 5.97 Å². The third-order valence-electron chi connectivity index (χ3n) is 7.36. The van der Waals surface area contributed by atoms with Gasteiger partial charge < -0.3 is 28.3 Å². The molecular weight excluding hydrogens is 522 g/mol. The fraction of sp³-hybridized carbons (Fsp3) is 0.212. The zero-order chi connectivity index (χ0) is 28.8. The van der Waals surface area contributed by atoms with Crippen molar-refractivity contribution in [3.05, 3.63) is 94.9 Å². The molecule has 2 aliphatic rings. The molecule has 41 heavy (non-hydrogen) atoms. The minimum absolute atomic E-state index is 0.0414. The quantitative estimate of drug-likeness (QED) is 0.117. The Labute approximate surface area is 237 Å². The molecule has 8 nitrogen and oxygen atoms in total. The summed E-state index contributed by atoms with van der Waals surface area (Å²) in [6, 6.07) is 14.6. The largest absolute Gasteiger partial charge is 0.497 e. The number of aromatic nitrogens is 1. The van der Waals surface area contributed by atoms with Crippen LogP contribution in [0.15, 0.2) is 72.6 Å². The predicted molar refractivity (Wildman–Crippen MR) is 154 cm³/mol. The molecule has 6 rings (SSSR count). The van der Waals surface area contributed by atoms with Crippen LogP contribution in [0.5, 0.6) is 28.7 Å². The van der Waals surface area contributed by atoms with Crippen LogP contribution in [-0.2, 0) is 11.8 Å². The molecule has 4 aromatic rings. The van der Waals surface area contributed by atoms with Crippen LogP contribution in [0.25, 0.3) is 17.0 Å². The first-order chi connectivity index (χ1) is 19.8. The maximum absolute atomic E-state index is 13.6. The average Bonchev–Trinajstić information content (AvgIpc) is 3.45. The highest BCUT2D eigenvalue weighted by atomic mass is 16.5. The first-order valence-corrected chi connectivity index (χ1v) is 13.2. The third-order valence-corrected chi connectivity index (χ3v) is 7.36. The van der Waals surface area contributed by atoms with Crippen LogP contribution in [0.2, 0.25) is 0 Å². The van der Waals surface area contributed by atoms with Crippen molar-refractivity contribution in [1.82, 2.24) is 4.57 Å². The number of hydrogen-bond donors (Lipinski definition) is 0. The Kier molecular flexibility index (Phi) is 6.53. The molecule has 0 radical (unpaired) electrons. The maximum Gasteiger partial charge on any atom is 0.312 e. The Morgan fingerprint density at radius 3 is 2.68 bits per heavy atom. The van der Waals surface area contributed by atoms with Crippen molar-refractivity contribution in [2.45, 2.75) is 19.3 Å². The number of carbonyl (C=O) groups excluding carboxylic acids is 2. The number of nitrogens with zero attached hydrogens (tertiary/aromatic N) is 1. The molecule has 0 amide bonds. The number of allylic oxidation sites excluding steroid dienone is 1. The summed E-state index contributed by atoms with van der Waals surface area (Å²) in [4.78, 5) is 26.4. The van der Waals surface area contributed by atoms with E-state index in [0.29, 0.717) is 39.9 Å². The van der Waals surface area contributed by atoms with Gasteiger partial charge in [-0.05, 0) is 55.0 Å². The molecule has 0 aliphatic carbocycles. The van der Waals surface area contributed by atoms with E-state index in [0.717, 1.165) is 27.6 Å². The van der Waals surface area contributed by atoms with Crippen molar-refractivity contribution < 1.29 is 33.3 Å². The van der Waals surface area contributed by atoms with E-state index in [9.17, 15) is 9.59 Å². The molecule has 3 heterocycles. The van der Waals surface area contributed by atoms with E-state index in [-0.39, 0.29) is 30.5 Å². The van der Waals surface area contributed by atoms with Gasteiger partial charge in [0.25, 0.3) is 0 Å². The molecule has 1 aromatic heterocycles. The van der Waals surface area contributed by atoms with Crippen molar-refractivity contribution in [3.63, 3.8) is 0 Å². The average molecular weight is 552 g/mol. The summed E-state index contributed by atoms with van der Waals surface area (Å²) < 4.78 is 31.1. The van der Waals surface area contributed by atoms with Crippen LogP contribution >= 0.6 is 0 Å². The Balaban J connectivity index is 1.47. The molecule has 1 atom stereocenters. The molecular formula is C33H29NO7. The van der Waals surface area contributed by atoms with Crippen molar-refractivity contribution in [3.8, 4) is 28.7 Å². The summed E-state index contributed by atoms with van der Waals surface area (Å²) in [7, 11) is 5.13. The van der Waals surface area contributed by atoms with Crippen molar-refractivity contribution in [2.24, 2.45) is 7.05 Å². The second-order valence-electron chi connectivity index (χ2n) is 10.2. The minimum atomic E-state index is -0.495. The van der Waals surface area contributed by atoms with Gasteiger partial charge in [-0.1, -0.05) is 18.7 Å². The Hall–Kier alpha value is -4.98. The highest BCUT2D eigenvalue weighted by molar-refractivity contribution is 6.15. The molecule has 0 N–H and O–H groups in total. The fourth-order valence-corrected chi connectivity index (χ4v) is 5.47. The van der Waals surface area contributed by atoms with Gasteiger partial charge in [0.15, 0.2) is 17.3 Å². The summed E-state index contributed by atoms with van der Waals surface area (Å²) in [6.45, 7) is 6.08. The van der Waals surface area contributed by atoms with E-state index < -0.39 is 5.92 Å². The van der Waals surface area contributed by atoms with E-state index in [1.165, 1.54) is 0 Å². The normalized spacial score (nSPS) is 16.7. The fourth-order valence-electron chi connectivity index (χ4n) is 5.47. The molecule has 0 saturated heterocycles. The maximum atomic E-state index is 13.6. The van der Waals surface area contributed by atoms with Crippen molar-refractivity contribution in [2.75, 3.05) is 20.8 Å². The van der Waals surface area contributed by atoms with E-state index in [1.807, 2.05) is 55.1 Å². The number of hydrogen-bond acceptors (Lipinski definition) is 7. The number of methoxy groups -OCH3 is 2.